The second-order valence-electron chi connectivity index (χ2n) is 4.26. The molecule has 0 atom stereocenters. The van der Waals surface area contributed by atoms with Gasteiger partial charge in [-0.3, -0.25) is 4.79 Å². The fraction of sp³-hybridized carbons (Fsp3) is 0.231. The normalized spacial score (nSPS) is 13.1. The molecule has 2 aromatic rings. The van der Waals surface area contributed by atoms with Gasteiger partial charge in [0.25, 0.3) is 0 Å². The molecule has 3 rings (SSSR count). The molecule has 104 valence electrons. The lowest BCUT2D eigenvalue weighted by molar-refractivity contribution is -0.116. The lowest BCUT2D eigenvalue weighted by atomic mass is 10.2. The van der Waals surface area contributed by atoms with Crippen LogP contribution in [0.2, 0.25) is 0 Å². The Morgan fingerprint density at radius 2 is 2.10 bits per heavy atom. The monoisotopic (exact) mass is 337 g/mol. The van der Waals surface area contributed by atoms with Crippen molar-refractivity contribution in [3.63, 3.8) is 0 Å². The number of anilines is 1. The van der Waals surface area contributed by atoms with Crippen LogP contribution in [0.4, 0.5) is 5.69 Å². The van der Waals surface area contributed by atoms with Gasteiger partial charge in [-0.1, -0.05) is 0 Å². The van der Waals surface area contributed by atoms with E-state index in [2.05, 4.69) is 26.2 Å². The number of aromatic nitrogens is 2. The molecule has 1 aromatic carbocycles. The number of rotatable bonds is 3. The zero-order chi connectivity index (χ0) is 13.9. The first-order valence-electron chi connectivity index (χ1n) is 6.07. The number of imidazole rings is 1. The van der Waals surface area contributed by atoms with Crippen LogP contribution < -0.4 is 14.8 Å². The molecule has 0 saturated heterocycles. The van der Waals surface area contributed by atoms with Gasteiger partial charge in [-0.15, -0.1) is 0 Å². The van der Waals surface area contributed by atoms with Gasteiger partial charge in [0.1, 0.15) is 19.8 Å². The van der Waals surface area contributed by atoms with Gasteiger partial charge in [0.05, 0.1) is 12.0 Å². The molecule has 0 unspecified atom stereocenters. The Morgan fingerprint density at radius 1 is 1.35 bits per heavy atom. The van der Waals surface area contributed by atoms with Crippen molar-refractivity contribution in [2.24, 2.45) is 0 Å². The number of fused-ring (bicyclic) bond motifs is 1. The third-order valence-corrected chi connectivity index (χ3v) is 3.45. The minimum Gasteiger partial charge on any atom is -0.486 e. The summed E-state index contributed by atoms with van der Waals surface area (Å²) < 4.78 is 13.4. The summed E-state index contributed by atoms with van der Waals surface area (Å²) in [5.41, 5.74) is 0.652. The summed E-state index contributed by atoms with van der Waals surface area (Å²) in [5, 5.41) is 2.83. The van der Waals surface area contributed by atoms with Crippen molar-refractivity contribution >= 4 is 27.5 Å². The standard InChI is InChI=1S/C13H12BrN3O3/c14-9-5-11-12(20-4-3-19-11)6-10(9)16-13(18)7-17-2-1-15-8-17/h1-2,5-6,8H,3-4,7H2,(H,16,18). The second kappa shape index (κ2) is 5.54. The summed E-state index contributed by atoms with van der Waals surface area (Å²) in [5.74, 6) is 1.17. The van der Waals surface area contributed by atoms with Crippen LogP contribution in [0.15, 0.2) is 35.3 Å². The van der Waals surface area contributed by atoms with E-state index in [4.69, 9.17) is 9.47 Å². The minimum atomic E-state index is -0.139. The summed E-state index contributed by atoms with van der Waals surface area (Å²) in [6, 6.07) is 3.55. The first-order chi connectivity index (χ1) is 9.72. The van der Waals surface area contributed by atoms with E-state index in [0.29, 0.717) is 30.4 Å². The largest absolute Gasteiger partial charge is 0.486 e. The molecule has 0 radical (unpaired) electrons. The number of carbonyl (C=O) groups is 1. The van der Waals surface area contributed by atoms with Gasteiger partial charge in [0.2, 0.25) is 5.91 Å². The number of nitrogens with zero attached hydrogens (tertiary/aromatic N) is 2. The Hall–Kier alpha value is -2.02. The summed E-state index contributed by atoms with van der Waals surface area (Å²) >= 11 is 3.41. The van der Waals surface area contributed by atoms with E-state index in [1.807, 2.05) is 0 Å². The maximum Gasteiger partial charge on any atom is 0.244 e. The van der Waals surface area contributed by atoms with Crippen LogP contribution in [0.25, 0.3) is 0 Å². The fourth-order valence-corrected chi connectivity index (χ4v) is 2.32. The summed E-state index contributed by atoms with van der Waals surface area (Å²) in [4.78, 5) is 15.8. The molecule has 1 aromatic heterocycles. The van der Waals surface area contributed by atoms with Crippen molar-refractivity contribution in [3.8, 4) is 11.5 Å². The molecule has 1 N–H and O–H groups in total. The Balaban J connectivity index is 1.75. The molecule has 0 aliphatic carbocycles. The number of hydrogen-bond donors (Lipinski definition) is 1. The maximum absolute atomic E-state index is 11.9. The molecule has 6 nitrogen and oxygen atoms in total. The first kappa shape index (κ1) is 13.0. The van der Waals surface area contributed by atoms with Crippen molar-refractivity contribution in [3.05, 3.63) is 35.3 Å². The van der Waals surface area contributed by atoms with Crippen molar-refractivity contribution in [2.75, 3.05) is 18.5 Å². The molecule has 1 amide bonds. The number of amides is 1. The molecule has 2 heterocycles. The average Bonchev–Trinajstić information content (AvgIpc) is 2.92. The number of ether oxygens (including phenoxy) is 2. The number of carbonyl (C=O) groups excluding carboxylic acids is 1. The number of hydrogen-bond acceptors (Lipinski definition) is 4. The van der Waals surface area contributed by atoms with Gasteiger partial charge in [-0.05, 0) is 15.9 Å². The van der Waals surface area contributed by atoms with E-state index in [1.165, 1.54) is 0 Å². The predicted octanol–water partition coefficient (Wildman–Crippen LogP) is 2.06. The van der Waals surface area contributed by atoms with Crippen LogP contribution in [0, 0.1) is 0 Å². The lowest BCUT2D eigenvalue weighted by Crippen LogP contribution is -2.19. The van der Waals surface area contributed by atoms with E-state index in [-0.39, 0.29) is 12.5 Å². The van der Waals surface area contributed by atoms with E-state index in [0.717, 1.165) is 4.47 Å². The quantitative estimate of drug-likeness (QED) is 0.930. The SMILES string of the molecule is O=C(Cn1ccnc1)Nc1cc2c(cc1Br)OCCO2. The molecule has 0 spiro atoms. The van der Waals surface area contributed by atoms with Gasteiger partial charge in [-0.25, -0.2) is 4.98 Å². The van der Waals surface area contributed by atoms with Crippen LogP contribution in [-0.2, 0) is 11.3 Å². The maximum atomic E-state index is 11.9. The number of benzene rings is 1. The van der Waals surface area contributed by atoms with Crippen molar-refractivity contribution < 1.29 is 14.3 Å². The van der Waals surface area contributed by atoms with Gasteiger partial charge >= 0.3 is 0 Å². The summed E-state index contributed by atoms with van der Waals surface area (Å²) in [7, 11) is 0. The highest BCUT2D eigenvalue weighted by Gasteiger charge is 2.16. The topological polar surface area (TPSA) is 65.4 Å². The van der Waals surface area contributed by atoms with E-state index >= 15 is 0 Å². The van der Waals surface area contributed by atoms with E-state index in [1.54, 1.807) is 35.4 Å². The molecule has 0 fully saturated rings. The highest BCUT2D eigenvalue weighted by molar-refractivity contribution is 9.10. The number of halogens is 1. The number of nitrogens with one attached hydrogen (secondary N) is 1. The molecular formula is C13H12BrN3O3. The molecule has 7 heteroatoms. The molecule has 1 aliphatic rings. The molecular weight excluding hydrogens is 326 g/mol. The van der Waals surface area contributed by atoms with Gasteiger partial charge in [0, 0.05) is 29.0 Å². The van der Waals surface area contributed by atoms with Crippen LogP contribution in [0.1, 0.15) is 0 Å². The first-order valence-corrected chi connectivity index (χ1v) is 6.86. The van der Waals surface area contributed by atoms with Crippen molar-refractivity contribution in [1.29, 1.82) is 0 Å². The van der Waals surface area contributed by atoms with Crippen LogP contribution in [0.3, 0.4) is 0 Å². The fourth-order valence-electron chi connectivity index (χ4n) is 1.90. The van der Waals surface area contributed by atoms with Crippen LogP contribution in [-0.4, -0.2) is 28.7 Å². The molecule has 20 heavy (non-hydrogen) atoms. The Labute approximate surface area is 123 Å². The van der Waals surface area contributed by atoms with Crippen molar-refractivity contribution in [1.82, 2.24) is 9.55 Å². The van der Waals surface area contributed by atoms with E-state index < -0.39 is 0 Å². The lowest BCUT2D eigenvalue weighted by Gasteiger charge is -2.20. The highest BCUT2D eigenvalue weighted by Crippen LogP contribution is 2.38. The van der Waals surface area contributed by atoms with Gasteiger partial charge in [-0.2, -0.15) is 0 Å². The molecule has 0 bridgehead atoms. The summed E-state index contributed by atoms with van der Waals surface area (Å²) in [6.07, 6.45) is 4.96. The summed E-state index contributed by atoms with van der Waals surface area (Å²) in [6.45, 7) is 1.25. The minimum absolute atomic E-state index is 0.139. The Bertz CT molecular complexity index is 628. The van der Waals surface area contributed by atoms with Crippen LogP contribution in [0.5, 0.6) is 11.5 Å². The van der Waals surface area contributed by atoms with Gasteiger partial charge in [0.15, 0.2) is 11.5 Å². The Morgan fingerprint density at radius 3 is 2.80 bits per heavy atom. The van der Waals surface area contributed by atoms with Gasteiger partial charge < -0.3 is 19.4 Å². The molecule has 0 saturated carbocycles. The van der Waals surface area contributed by atoms with Crippen LogP contribution >= 0.6 is 15.9 Å². The second-order valence-corrected chi connectivity index (χ2v) is 5.11. The smallest absolute Gasteiger partial charge is 0.244 e. The highest BCUT2D eigenvalue weighted by atomic mass is 79.9. The van der Waals surface area contributed by atoms with E-state index in [9.17, 15) is 4.79 Å². The third-order valence-electron chi connectivity index (χ3n) is 2.79. The zero-order valence-electron chi connectivity index (χ0n) is 10.5. The van der Waals surface area contributed by atoms with Crippen molar-refractivity contribution in [2.45, 2.75) is 6.54 Å². The zero-order valence-corrected chi connectivity index (χ0v) is 12.1. The third kappa shape index (κ3) is 2.77. The Kier molecular flexibility index (Phi) is 3.60. The average molecular weight is 338 g/mol. The predicted molar refractivity (Wildman–Crippen MR) is 76.0 cm³/mol. The molecule has 1 aliphatic heterocycles.